The van der Waals surface area contributed by atoms with Crippen LogP contribution in [0.5, 0.6) is 5.75 Å². The molecule has 3 nitrogen and oxygen atoms in total. The number of rotatable bonds is 6. The van der Waals surface area contributed by atoms with E-state index < -0.39 is 0 Å². The predicted molar refractivity (Wildman–Crippen MR) is 74.8 cm³/mol. The Bertz CT molecular complexity index is 432. The van der Waals surface area contributed by atoms with E-state index in [-0.39, 0.29) is 11.7 Å². The molecular weight excluding hydrogens is 250 g/mol. The van der Waals surface area contributed by atoms with Gasteiger partial charge in [-0.25, -0.2) is 0 Å². The van der Waals surface area contributed by atoms with Crippen LogP contribution in [0.3, 0.4) is 0 Å². The van der Waals surface area contributed by atoms with Crippen LogP contribution in [-0.4, -0.2) is 26.5 Å². The summed E-state index contributed by atoms with van der Waals surface area (Å²) in [6.07, 6.45) is 0.786. The van der Waals surface area contributed by atoms with Crippen LogP contribution in [-0.2, 0) is 0 Å². The molecule has 0 amide bonds. The van der Waals surface area contributed by atoms with E-state index in [4.69, 9.17) is 16.3 Å². The fourth-order valence-electron chi connectivity index (χ4n) is 2.07. The molecule has 0 fully saturated rings. The molecule has 1 N–H and O–H groups in total. The molecule has 0 aliphatic heterocycles. The molecule has 1 rings (SSSR count). The molecule has 1 aromatic rings. The first-order valence-electron chi connectivity index (χ1n) is 6.08. The summed E-state index contributed by atoms with van der Waals surface area (Å²) >= 11 is 6.02. The van der Waals surface area contributed by atoms with Gasteiger partial charge < -0.3 is 10.1 Å². The first-order chi connectivity index (χ1) is 8.54. The zero-order valence-electron chi connectivity index (χ0n) is 11.3. The van der Waals surface area contributed by atoms with Crippen LogP contribution in [0.2, 0.25) is 5.02 Å². The number of hydrogen-bond donors (Lipinski definition) is 1. The second-order valence-corrected chi connectivity index (χ2v) is 4.77. The Morgan fingerprint density at radius 3 is 2.67 bits per heavy atom. The summed E-state index contributed by atoms with van der Waals surface area (Å²) in [7, 11) is 3.42. The van der Waals surface area contributed by atoms with Crippen LogP contribution in [0, 0.1) is 12.8 Å². The maximum absolute atomic E-state index is 12.5. The van der Waals surface area contributed by atoms with Crippen LogP contribution < -0.4 is 10.1 Å². The molecule has 0 spiro atoms. The standard InChI is InChI=1S/C14H20ClNO2/c1-5-10(8-16-3)13(17)12-7-11(15)6-9(2)14(12)18-4/h6-7,10,16H,5,8H2,1-4H3. The monoisotopic (exact) mass is 269 g/mol. The number of ether oxygens (including phenoxy) is 1. The molecule has 0 aromatic heterocycles. The van der Waals surface area contributed by atoms with E-state index in [1.54, 1.807) is 19.2 Å². The Morgan fingerprint density at radius 1 is 1.50 bits per heavy atom. The molecule has 4 heteroatoms. The third-order valence-electron chi connectivity index (χ3n) is 3.02. The number of carbonyl (C=O) groups is 1. The lowest BCUT2D eigenvalue weighted by Crippen LogP contribution is -2.26. The van der Waals surface area contributed by atoms with Gasteiger partial charge in [0, 0.05) is 17.5 Å². The number of hydrogen-bond acceptors (Lipinski definition) is 3. The highest BCUT2D eigenvalue weighted by atomic mass is 35.5. The lowest BCUT2D eigenvalue weighted by Gasteiger charge is -2.17. The molecule has 0 aliphatic carbocycles. The number of halogens is 1. The molecule has 18 heavy (non-hydrogen) atoms. The van der Waals surface area contributed by atoms with Crippen LogP contribution >= 0.6 is 11.6 Å². The van der Waals surface area contributed by atoms with Crippen LogP contribution in [0.4, 0.5) is 0 Å². The van der Waals surface area contributed by atoms with Gasteiger partial charge in [0.15, 0.2) is 5.78 Å². The van der Waals surface area contributed by atoms with Crippen LogP contribution in [0.1, 0.15) is 29.3 Å². The molecule has 1 atom stereocenters. The predicted octanol–water partition coefficient (Wildman–Crippen LogP) is 3.09. The fourth-order valence-corrected chi connectivity index (χ4v) is 2.35. The average molecular weight is 270 g/mol. The number of aryl methyl sites for hydroxylation is 1. The summed E-state index contributed by atoms with van der Waals surface area (Å²) in [6.45, 7) is 4.55. The van der Waals surface area contributed by atoms with E-state index >= 15 is 0 Å². The highest BCUT2D eigenvalue weighted by Gasteiger charge is 2.22. The quantitative estimate of drug-likeness (QED) is 0.807. The summed E-state index contributed by atoms with van der Waals surface area (Å²) in [4.78, 5) is 12.5. The SMILES string of the molecule is CCC(CNC)C(=O)c1cc(Cl)cc(C)c1OC. The second-order valence-electron chi connectivity index (χ2n) is 4.33. The molecule has 0 bridgehead atoms. The Kier molecular flexibility index (Phi) is 5.63. The first-order valence-corrected chi connectivity index (χ1v) is 6.45. The van der Waals surface area contributed by atoms with Crippen LogP contribution in [0.25, 0.3) is 0 Å². The van der Waals surface area contributed by atoms with Crippen molar-refractivity contribution in [2.75, 3.05) is 20.7 Å². The average Bonchev–Trinajstić information content (AvgIpc) is 2.34. The van der Waals surface area contributed by atoms with Gasteiger partial charge >= 0.3 is 0 Å². The van der Waals surface area contributed by atoms with E-state index in [0.29, 0.717) is 22.9 Å². The summed E-state index contributed by atoms with van der Waals surface area (Å²) in [5, 5.41) is 3.61. The van der Waals surface area contributed by atoms with Crippen molar-refractivity contribution in [3.63, 3.8) is 0 Å². The zero-order valence-corrected chi connectivity index (χ0v) is 12.1. The van der Waals surface area contributed by atoms with Gasteiger partial charge in [-0.1, -0.05) is 18.5 Å². The van der Waals surface area contributed by atoms with Crippen molar-refractivity contribution < 1.29 is 9.53 Å². The molecule has 1 aromatic carbocycles. The van der Waals surface area contributed by atoms with E-state index in [9.17, 15) is 4.79 Å². The molecule has 0 aliphatic rings. The summed E-state index contributed by atoms with van der Waals surface area (Å²) < 4.78 is 5.33. The van der Waals surface area contributed by atoms with Gasteiger partial charge in [0.1, 0.15) is 5.75 Å². The van der Waals surface area contributed by atoms with Gasteiger partial charge in [0.05, 0.1) is 12.7 Å². The summed E-state index contributed by atoms with van der Waals surface area (Å²) in [6, 6.07) is 3.49. The molecule has 1 unspecified atom stereocenters. The molecule has 100 valence electrons. The number of benzene rings is 1. The third-order valence-corrected chi connectivity index (χ3v) is 3.24. The molecule has 0 saturated carbocycles. The number of ketones is 1. The van der Waals surface area contributed by atoms with Gasteiger partial charge in [-0.05, 0) is 38.1 Å². The number of Topliss-reactive ketones (excluding diaryl/α,β-unsaturated/α-hetero) is 1. The van der Waals surface area contributed by atoms with Crippen molar-refractivity contribution in [1.29, 1.82) is 0 Å². The fraction of sp³-hybridized carbons (Fsp3) is 0.500. The molecule has 0 radical (unpaired) electrons. The first kappa shape index (κ1) is 15.0. The van der Waals surface area contributed by atoms with Gasteiger partial charge in [-0.2, -0.15) is 0 Å². The largest absolute Gasteiger partial charge is 0.496 e. The van der Waals surface area contributed by atoms with Gasteiger partial charge in [0.2, 0.25) is 0 Å². The van der Waals surface area contributed by atoms with E-state index in [1.165, 1.54) is 0 Å². The summed E-state index contributed by atoms with van der Waals surface area (Å²) in [5.41, 5.74) is 1.46. The van der Waals surface area contributed by atoms with E-state index in [1.807, 2.05) is 20.9 Å². The number of carbonyl (C=O) groups excluding carboxylic acids is 1. The van der Waals surface area contributed by atoms with Crippen LogP contribution in [0.15, 0.2) is 12.1 Å². The minimum atomic E-state index is -0.0539. The van der Waals surface area contributed by atoms with Crippen molar-refractivity contribution in [2.45, 2.75) is 20.3 Å². The normalized spacial score (nSPS) is 12.3. The molecule has 0 heterocycles. The van der Waals surface area contributed by atoms with Crippen molar-refractivity contribution in [3.05, 3.63) is 28.3 Å². The highest BCUT2D eigenvalue weighted by Crippen LogP contribution is 2.30. The lowest BCUT2D eigenvalue weighted by atomic mass is 9.93. The smallest absolute Gasteiger partial charge is 0.170 e. The molecular formula is C14H20ClNO2. The summed E-state index contributed by atoms with van der Waals surface area (Å²) in [5.74, 6) is 0.648. The van der Waals surface area contributed by atoms with Gasteiger partial charge in [-0.3, -0.25) is 4.79 Å². The Labute approximate surface area is 113 Å². The van der Waals surface area contributed by atoms with Crippen molar-refractivity contribution in [3.8, 4) is 5.75 Å². The maximum atomic E-state index is 12.5. The maximum Gasteiger partial charge on any atom is 0.170 e. The van der Waals surface area contributed by atoms with Gasteiger partial charge in [-0.15, -0.1) is 0 Å². The Hall–Kier alpha value is -1.06. The van der Waals surface area contributed by atoms with Crippen molar-refractivity contribution in [1.82, 2.24) is 5.32 Å². The zero-order chi connectivity index (χ0) is 13.7. The molecule has 0 saturated heterocycles. The second kappa shape index (κ2) is 6.76. The van der Waals surface area contributed by atoms with E-state index in [0.717, 1.165) is 12.0 Å². The minimum Gasteiger partial charge on any atom is -0.496 e. The van der Waals surface area contributed by atoms with Gasteiger partial charge in [0.25, 0.3) is 0 Å². The minimum absolute atomic E-state index is 0.0539. The van der Waals surface area contributed by atoms with E-state index in [2.05, 4.69) is 5.32 Å². The van der Waals surface area contributed by atoms with Crippen molar-refractivity contribution in [2.24, 2.45) is 5.92 Å². The third kappa shape index (κ3) is 3.24. The Morgan fingerprint density at radius 2 is 2.17 bits per heavy atom. The topological polar surface area (TPSA) is 38.3 Å². The van der Waals surface area contributed by atoms with Crippen molar-refractivity contribution >= 4 is 17.4 Å². The Balaban J connectivity index is 3.18. The highest BCUT2D eigenvalue weighted by molar-refractivity contribution is 6.31. The number of nitrogens with one attached hydrogen (secondary N) is 1. The lowest BCUT2D eigenvalue weighted by molar-refractivity contribution is 0.0913. The number of methoxy groups -OCH3 is 1.